The molecule has 6 heteroatoms. The minimum absolute atomic E-state index is 0. The number of nitrogens with one attached hydrogen (secondary N) is 2. The molecule has 2 atom stereocenters. The average Bonchev–Trinajstić information content (AvgIpc) is 2.96. The van der Waals surface area contributed by atoms with E-state index in [1.165, 1.54) is 32.2 Å². The van der Waals surface area contributed by atoms with E-state index in [1.54, 1.807) is 0 Å². The van der Waals surface area contributed by atoms with Gasteiger partial charge in [0.15, 0.2) is 0 Å². The van der Waals surface area contributed by atoms with E-state index >= 15 is 0 Å². The summed E-state index contributed by atoms with van der Waals surface area (Å²) in [6.45, 7) is 7.58. The van der Waals surface area contributed by atoms with E-state index in [4.69, 9.17) is 0 Å². The van der Waals surface area contributed by atoms with E-state index in [1.807, 2.05) is 0 Å². The molecule has 0 saturated carbocycles. The molecule has 0 aromatic heterocycles. The highest BCUT2D eigenvalue weighted by Crippen LogP contribution is 2.16. The van der Waals surface area contributed by atoms with Crippen LogP contribution >= 0.6 is 24.8 Å². The first-order chi connectivity index (χ1) is 9.29. The molecule has 2 aliphatic rings. The Labute approximate surface area is 141 Å². The number of hydrogen-bond donors (Lipinski definition) is 2. The van der Waals surface area contributed by atoms with Crippen LogP contribution in [-0.4, -0.2) is 49.6 Å². The largest absolute Gasteiger partial charge is 0.355 e. The summed E-state index contributed by atoms with van der Waals surface area (Å²) >= 11 is 0. The molecule has 2 rings (SSSR count). The Balaban J connectivity index is 0.00000200. The minimum Gasteiger partial charge on any atom is -0.355 e. The van der Waals surface area contributed by atoms with Crippen LogP contribution in [0.3, 0.4) is 0 Å². The van der Waals surface area contributed by atoms with E-state index in [-0.39, 0.29) is 30.7 Å². The lowest BCUT2D eigenvalue weighted by molar-refractivity contribution is -0.121. The predicted octanol–water partition coefficient (Wildman–Crippen LogP) is 2.21. The summed E-state index contributed by atoms with van der Waals surface area (Å²) < 4.78 is 0. The van der Waals surface area contributed by atoms with E-state index in [9.17, 15) is 4.79 Å². The van der Waals surface area contributed by atoms with Gasteiger partial charge in [0.2, 0.25) is 5.91 Å². The number of hydrogen-bond acceptors (Lipinski definition) is 3. The maximum absolute atomic E-state index is 11.9. The Morgan fingerprint density at radius 2 is 2.10 bits per heavy atom. The van der Waals surface area contributed by atoms with Crippen LogP contribution < -0.4 is 10.6 Å². The molecule has 21 heavy (non-hydrogen) atoms. The normalized spacial score (nSPS) is 25.8. The van der Waals surface area contributed by atoms with Crippen molar-refractivity contribution in [3.63, 3.8) is 0 Å². The fraction of sp³-hybridized carbons (Fsp3) is 0.933. The molecule has 2 unspecified atom stereocenters. The number of carbonyl (C=O) groups is 1. The van der Waals surface area contributed by atoms with E-state index in [0.29, 0.717) is 18.4 Å². The first-order valence-electron chi connectivity index (χ1n) is 8.01. The molecule has 1 amide bonds. The van der Waals surface area contributed by atoms with E-state index < -0.39 is 0 Å². The van der Waals surface area contributed by atoms with Crippen molar-refractivity contribution < 1.29 is 4.79 Å². The number of likely N-dealkylation sites (N-methyl/N-ethyl adjacent to an activating group) is 1. The molecule has 126 valence electrons. The second kappa shape index (κ2) is 11.5. The van der Waals surface area contributed by atoms with Crippen LogP contribution in [0.2, 0.25) is 0 Å². The van der Waals surface area contributed by atoms with Gasteiger partial charge in [-0.15, -0.1) is 24.8 Å². The van der Waals surface area contributed by atoms with Crippen LogP contribution in [-0.2, 0) is 4.79 Å². The predicted molar refractivity (Wildman–Crippen MR) is 92.6 cm³/mol. The number of halogens is 2. The molecule has 4 nitrogen and oxygen atoms in total. The maximum Gasteiger partial charge on any atom is 0.220 e. The lowest BCUT2D eigenvalue weighted by Gasteiger charge is -2.34. The SMILES string of the molecule is CCN1CCCCC1CNC(=O)CCC1CCNC1.Cl.Cl. The zero-order valence-electron chi connectivity index (χ0n) is 13.1. The summed E-state index contributed by atoms with van der Waals surface area (Å²) in [7, 11) is 0. The number of rotatable bonds is 6. The monoisotopic (exact) mass is 339 g/mol. The second-order valence-electron chi connectivity index (χ2n) is 5.98. The fourth-order valence-electron chi connectivity index (χ4n) is 3.32. The summed E-state index contributed by atoms with van der Waals surface area (Å²) in [5.74, 6) is 0.959. The number of nitrogens with zero attached hydrogens (tertiary/aromatic N) is 1. The highest BCUT2D eigenvalue weighted by atomic mass is 35.5. The zero-order chi connectivity index (χ0) is 13.5. The van der Waals surface area contributed by atoms with Gasteiger partial charge < -0.3 is 10.6 Å². The van der Waals surface area contributed by atoms with Gasteiger partial charge in [-0.3, -0.25) is 9.69 Å². The molecule has 2 aliphatic heterocycles. The number of amides is 1. The Kier molecular flexibility index (Phi) is 11.5. The van der Waals surface area contributed by atoms with Crippen molar-refractivity contribution in [3.05, 3.63) is 0 Å². The smallest absolute Gasteiger partial charge is 0.220 e. The van der Waals surface area contributed by atoms with E-state index in [0.717, 1.165) is 32.6 Å². The molecule has 0 aromatic carbocycles. The van der Waals surface area contributed by atoms with Crippen molar-refractivity contribution in [2.75, 3.05) is 32.7 Å². The molecule has 2 saturated heterocycles. The first kappa shape index (κ1) is 21.0. The molecule has 2 N–H and O–H groups in total. The van der Waals surface area contributed by atoms with E-state index in [2.05, 4.69) is 22.5 Å². The van der Waals surface area contributed by atoms with Crippen LogP contribution in [0.1, 0.15) is 45.4 Å². The summed E-state index contributed by atoms with van der Waals surface area (Å²) in [5, 5.41) is 6.49. The van der Waals surface area contributed by atoms with Gasteiger partial charge in [0.05, 0.1) is 0 Å². The van der Waals surface area contributed by atoms with Crippen LogP contribution in [0.15, 0.2) is 0 Å². The third kappa shape index (κ3) is 7.18. The van der Waals surface area contributed by atoms with Gasteiger partial charge in [-0.05, 0) is 57.8 Å². The summed E-state index contributed by atoms with van der Waals surface area (Å²) in [4.78, 5) is 14.4. The highest BCUT2D eigenvalue weighted by molar-refractivity contribution is 5.85. The lowest BCUT2D eigenvalue weighted by atomic mass is 10.0. The van der Waals surface area contributed by atoms with Gasteiger partial charge in [0.25, 0.3) is 0 Å². The minimum atomic E-state index is 0. The molecule has 0 spiro atoms. The zero-order valence-corrected chi connectivity index (χ0v) is 14.7. The van der Waals surface area contributed by atoms with Gasteiger partial charge in [-0.2, -0.15) is 0 Å². The quantitative estimate of drug-likeness (QED) is 0.779. The van der Waals surface area contributed by atoms with Crippen LogP contribution in [0.5, 0.6) is 0 Å². The fourth-order valence-corrected chi connectivity index (χ4v) is 3.32. The molecule has 0 aliphatic carbocycles. The summed E-state index contributed by atoms with van der Waals surface area (Å²) in [5.41, 5.74) is 0. The standard InChI is InChI=1S/C15H29N3O.2ClH/c1-2-18-10-4-3-5-14(18)12-17-15(19)7-6-13-8-9-16-11-13;;/h13-14,16H,2-12H2,1H3,(H,17,19);2*1H. The molecule has 0 bridgehead atoms. The molecule has 2 heterocycles. The van der Waals surface area contributed by atoms with Gasteiger partial charge in [0, 0.05) is 19.0 Å². The Bertz CT molecular complexity index is 286. The molecule has 0 radical (unpaired) electrons. The topological polar surface area (TPSA) is 44.4 Å². The van der Waals surface area contributed by atoms with Crippen molar-refractivity contribution in [2.45, 2.75) is 51.5 Å². The van der Waals surface area contributed by atoms with Gasteiger partial charge in [-0.25, -0.2) is 0 Å². The number of likely N-dealkylation sites (tertiary alicyclic amines) is 1. The maximum atomic E-state index is 11.9. The van der Waals surface area contributed by atoms with Gasteiger partial charge in [-0.1, -0.05) is 13.3 Å². The van der Waals surface area contributed by atoms with Gasteiger partial charge in [0.1, 0.15) is 0 Å². The molecule has 2 fully saturated rings. The molecule has 0 aromatic rings. The van der Waals surface area contributed by atoms with Crippen molar-refractivity contribution in [2.24, 2.45) is 5.92 Å². The van der Waals surface area contributed by atoms with Crippen molar-refractivity contribution in [1.29, 1.82) is 0 Å². The van der Waals surface area contributed by atoms with Gasteiger partial charge >= 0.3 is 0 Å². The van der Waals surface area contributed by atoms with Crippen LogP contribution in [0, 0.1) is 5.92 Å². The third-order valence-corrected chi connectivity index (χ3v) is 4.63. The van der Waals surface area contributed by atoms with Crippen LogP contribution in [0.4, 0.5) is 0 Å². The Morgan fingerprint density at radius 3 is 2.76 bits per heavy atom. The van der Waals surface area contributed by atoms with Crippen LogP contribution in [0.25, 0.3) is 0 Å². The molecular weight excluding hydrogens is 309 g/mol. The Hall–Kier alpha value is -0.0300. The average molecular weight is 340 g/mol. The summed E-state index contributed by atoms with van der Waals surface area (Å²) in [6.07, 6.45) is 6.84. The lowest BCUT2D eigenvalue weighted by Crippen LogP contribution is -2.46. The first-order valence-corrected chi connectivity index (χ1v) is 8.01. The third-order valence-electron chi connectivity index (χ3n) is 4.63. The number of carbonyl (C=O) groups excluding carboxylic acids is 1. The van der Waals surface area contributed by atoms with Crippen molar-refractivity contribution in [3.8, 4) is 0 Å². The van der Waals surface area contributed by atoms with Crippen molar-refractivity contribution in [1.82, 2.24) is 15.5 Å². The highest BCUT2D eigenvalue weighted by Gasteiger charge is 2.21. The summed E-state index contributed by atoms with van der Waals surface area (Å²) in [6, 6.07) is 0.566. The van der Waals surface area contributed by atoms with Crippen molar-refractivity contribution >= 4 is 30.7 Å². The second-order valence-corrected chi connectivity index (χ2v) is 5.98. The number of piperidine rings is 1. The Morgan fingerprint density at radius 1 is 1.29 bits per heavy atom. The molecular formula is C15H31Cl2N3O.